The Balaban J connectivity index is 0.000000240. The number of benzene rings is 2. The van der Waals surface area contributed by atoms with Crippen molar-refractivity contribution < 1.29 is 16.8 Å². The van der Waals surface area contributed by atoms with E-state index in [1.165, 1.54) is 24.3 Å². The predicted octanol–water partition coefficient (Wildman–Crippen LogP) is 4.44. The second-order valence-corrected chi connectivity index (χ2v) is 11.5. The normalized spacial score (nSPS) is 11.9. The van der Waals surface area contributed by atoms with Crippen molar-refractivity contribution in [3.8, 4) is 0 Å². The lowest BCUT2D eigenvalue weighted by Crippen LogP contribution is -2.08. The topological polar surface area (TPSA) is 68.3 Å². The molecule has 2 aromatic rings. The van der Waals surface area contributed by atoms with Crippen LogP contribution >= 0.6 is 46.4 Å². The Hall–Kier alpha value is -0.500. The number of sulfone groups is 2. The zero-order valence-corrected chi connectivity index (χ0v) is 16.5. The van der Waals surface area contributed by atoms with Gasteiger partial charge in [-0.25, -0.2) is 16.8 Å². The SMILES string of the molecule is O=S(=O)(c1ccccc1)C(Cl)Cl.O=S(=O)(c1ccccc1)C(Cl)Cl. The molecule has 0 aliphatic heterocycles. The fourth-order valence-corrected chi connectivity index (χ4v) is 4.14. The number of hydrogen-bond acceptors (Lipinski definition) is 4. The summed E-state index contributed by atoms with van der Waals surface area (Å²) in [5, 5.41) is 0. The number of hydrogen-bond donors (Lipinski definition) is 0. The molecule has 4 nitrogen and oxygen atoms in total. The highest BCUT2D eigenvalue weighted by molar-refractivity contribution is 7.95. The highest BCUT2D eigenvalue weighted by Gasteiger charge is 2.22. The lowest BCUT2D eigenvalue weighted by molar-refractivity contribution is 0.597. The van der Waals surface area contributed by atoms with E-state index in [0.29, 0.717) is 0 Å². The predicted molar refractivity (Wildman–Crippen MR) is 98.2 cm³/mol. The molecule has 0 N–H and O–H groups in total. The maximum absolute atomic E-state index is 11.3. The Morgan fingerprint density at radius 2 is 0.792 bits per heavy atom. The molecule has 24 heavy (non-hydrogen) atoms. The molecule has 0 heterocycles. The standard InChI is InChI=1S/2C7H6Cl2O2S/c2*8-7(9)12(10,11)6-4-2-1-3-5-6/h2*1-5,7H. The van der Waals surface area contributed by atoms with Crippen molar-refractivity contribution in [2.24, 2.45) is 0 Å². The van der Waals surface area contributed by atoms with Crippen LogP contribution in [0.3, 0.4) is 0 Å². The molecule has 0 aromatic heterocycles. The zero-order chi connectivity index (χ0) is 18.4. The molecule has 0 saturated carbocycles. The highest BCUT2D eigenvalue weighted by atomic mass is 35.5. The largest absolute Gasteiger partial charge is 0.221 e. The lowest BCUT2D eigenvalue weighted by atomic mass is 10.4. The summed E-state index contributed by atoms with van der Waals surface area (Å²) >= 11 is 21.1. The van der Waals surface area contributed by atoms with Crippen LogP contribution in [0.15, 0.2) is 70.5 Å². The van der Waals surface area contributed by atoms with Gasteiger partial charge < -0.3 is 0 Å². The number of alkyl halides is 4. The third-order valence-electron chi connectivity index (χ3n) is 2.61. The summed E-state index contributed by atoms with van der Waals surface area (Å²) in [6, 6.07) is 15.7. The van der Waals surface area contributed by atoms with E-state index in [1.54, 1.807) is 36.4 Å². The van der Waals surface area contributed by atoms with Crippen LogP contribution in [0.1, 0.15) is 0 Å². The molecular weight excluding hydrogens is 438 g/mol. The second-order valence-electron chi connectivity index (χ2n) is 4.24. The summed E-state index contributed by atoms with van der Waals surface area (Å²) in [7, 11) is -7.09. The quantitative estimate of drug-likeness (QED) is 0.646. The second kappa shape index (κ2) is 9.27. The van der Waals surface area contributed by atoms with Crippen LogP contribution < -0.4 is 0 Å². The van der Waals surface area contributed by atoms with Crippen LogP contribution in [0.2, 0.25) is 0 Å². The molecule has 10 heteroatoms. The van der Waals surface area contributed by atoms with Gasteiger partial charge in [0.15, 0.2) is 0 Å². The van der Waals surface area contributed by atoms with Gasteiger partial charge in [-0.15, -0.1) is 0 Å². The molecular formula is C14H12Cl4O4S2. The smallest absolute Gasteiger partial charge is 0.212 e. The Kier molecular flexibility index (Phi) is 8.32. The Morgan fingerprint density at radius 1 is 0.542 bits per heavy atom. The first kappa shape index (κ1) is 21.5. The summed E-state index contributed by atoms with van der Waals surface area (Å²) in [6.45, 7) is 0. The zero-order valence-electron chi connectivity index (χ0n) is 11.9. The molecule has 0 unspecified atom stereocenters. The van der Waals surface area contributed by atoms with Gasteiger partial charge in [0, 0.05) is 0 Å². The minimum absolute atomic E-state index is 0.139. The number of rotatable bonds is 4. The van der Waals surface area contributed by atoms with Crippen molar-refractivity contribution in [3.63, 3.8) is 0 Å². The molecule has 0 fully saturated rings. The Morgan fingerprint density at radius 3 is 1.00 bits per heavy atom. The molecule has 2 aromatic carbocycles. The summed E-state index contributed by atoms with van der Waals surface area (Å²) in [5.74, 6) is 0. The first-order valence-electron chi connectivity index (χ1n) is 6.24. The van der Waals surface area contributed by atoms with E-state index in [0.717, 1.165) is 0 Å². The molecule has 0 amide bonds. The van der Waals surface area contributed by atoms with Crippen LogP contribution in [0.4, 0.5) is 0 Å². The van der Waals surface area contributed by atoms with Gasteiger partial charge in [0.2, 0.25) is 28.0 Å². The van der Waals surface area contributed by atoms with E-state index in [2.05, 4.69) is 0 Å². The fraction of sp³-hybridized carbons (Fsp3) is 0.143. The van der Waals surface area contributed by atoms with E-state index in [1.807, 2.05) is 0 Å². The molecule has 132 valence electrons. The average molecular weight is 450 g/mol. The van der Waals surface area contributed by atoms with E-state index in [4.69, 9.17) is 46.4 Å². The molecule has 0 atom stereocenters. The first-order valence-corrected chi connectivity index (χ1v) is 11.1. The third-order valence-corrected chi connectivity index (χ3v) is 8.22. The lowest BCUT2D eigenvalue weighted by Gasteiger charge is -2.02. The minimum atomic E-state index is -3.55. The van der Waals surface area contributed by atoms with Crippen molar-refractivity contribution in [2.45, 2.75) is 18.1 Å². The van der Waals surface area contributed by atoms with Gasteiger partial charge in [0.1, 0.15) is 0 Å². The van der Waals surface area contributed by atoms with Crippen molar-refractivity contribution in [3.05, 3.63) is 60.7 Å². The van der Waals surface area contributed by atoms with Crippen LogP contribution in [0.25, 0.3) is 0 Å². The molecule has 0 radical (unpaired) electrons. The van der Waals surface area contributed by atoms with Crippen molar-refractivity contribution in [2.75, 3.05) is 0 Å². The fourth-order valence-electron chi connectivity index (χ4n) is 1.43. The summed E-state index contributed by atoms with van der Waals surface area (Å²) < 4.78 is 42.3. The maximum atomic E-state index is 11.3. The van der Waals surface area contributed by atoms with E-state index >= 15 is 0 Å². The summed E-state index contributed by atoms with van der Waals surface area (Å²) in [5.41, 5.74) is 0. The van der Waals surface area contributed by atoms with Gasteiger partial charge in [-0.2, -0.15) is 0 Å². The van der Waals surface area contributed by atoms with Gasteiger partial charge in [-0.1, -0.05) is 82.8 Å². The summed E-state index contributed by atoms with van der Waals surface area (Å²) in [4.78, 5) is 0.278. The van der Waals surface area contributed by atoms with Crippen molar-refractivity contribution >= 4 is 66.1 Å². The first-order chi connectivity index (χ1) is 11.1. The Labute approximate surface area is 161 Å². The van der Waals surface area contributed by atoms with Gasteiger partial charge in [-0.3, -0.25) is 0 Å². The molecule has 0 spiro atoms. The van der Waals surface area contributed by atoms with Gasteiger partial charge >= 0.3 is 0 Å². The highest BCUT2D eigenvalue weighted by Crippen LogP contribution is 2.21. The molecule has 0 bridgehead atoms. The van der Waals surface area contributed by atoms with E-state index < -0.39 is 28.0 Å². The van der Waals surface area contributed by atoms with E-state index in [-0.39, 0.29) is 9.79 Å². The van der Waals surface area contributed by atoms with E-state index in [9.17, 15) is 16.8 Å². The third kappa shape index (κ3) is 5.79. The van der Waals surface area contributed by atoms with Crippen LogP contribution in [0.5, 0.6) is 0 Å². The molecule has 0 aliphatic carbocycles. The Bertz CT molecular complexity index is 763. The number of halogens is 4. The van der Waals surface area contributed by atoms with Crippen molar-refractivity contribution in [1.82, 2.24) is 0 Å². The van der Waals surface area contributed by atoms with Gasteiger partial charge in [-0.05, 0) is 24.3 Å². The van der Waals surface area contributed by atoms with Crippen molar-refractivity contribution in [1.29, 1.82) is 0 Å². The van der Waals surface area contributed by atoms with Crippen LogP contribution in [0, 0.1) is 0 Å². The molecule has 0 saturated heterocycles. The minimum Gasteiger partial charge on any atom is -0.221 e. The average Bonchev–Trinajstić information content (AvgIpc) is 2.56. The van der Waals surface area contributed by atoms with Gasteiger partial charge in [0.25, 0.3) is 0 Å². The monoisotopic (exact) mass is 448 g/mol. The summed E-state index contributed by atoms with van der Waals surface area (Å²) in [6.07, 6.45) is 0. The van der Waals surface area contributed by atoms with Crippen LogP contribution in [-0.4, -0.2) is 25.2 Å². The molecule has 0 aliphatic rings. The maximum Gasteiger partial charge on any atom is 0.212 e. The molecule has 2 rings (SSSR count). The van der Waals surface area contributed by atoms with Gasteiger partial charge in [0.05, 0.1) is 9.79 Å². The van der Waals surface area contributed by atoms with Crippen LogP contribution in [-0.2, 0) is 19.7 Å².